The predicted octanol–water partition coefficient (Wildman–Crippen LogP) is 5.69. The molecule has 1 saturated heterocycles. The maximum Gasteiger partial charge on any atom is 0.416 e. The van der Waals surface area contributed by atoms with Gasteiger partial charge in [-0.15, -0.1) is 0 Å². The van der Waals surface area contributed by atoms with Crippen molar-refractivity contribution in [2.45, 2.75) is 26.1 Å². The van der Waals surface area contributed by atoms with Gasteiger partial charge in [-0.3, -0.25) is 9.69 Å². The van der Waals surface area contributed by atoms with Gasteiger partial charge in [-0.25, -0.2) is 4.79 Å². The fraction of sp³-hybridized carbons (Fsp3) is 0.250. The zero-order valence-electron chi connectivity index (χ0n) is 17.9. The third-order valence-electron chi connectivity index (χ3n) is 5.37. The van der Waals surface area contributed by atoms with Gasteiger partial charge in [0.15, 0.2) is 5.76 Å². The summed E-state index contributed by atoms with van der Waals surface area (Å²) in [5.41, 5.74) is 1.50. The average Bonchev–Trinajstić information content (AvgIpc) is 3.31. The first kappa shape index (κ1) is 22.4. The van der Waals surface area contributed by atoms with Crippen LogP contribution < -0.4 is 10.2 Å². The number of carbonyl (C=O) groups is 2. The van der Waals surface area contributed by atoms with Crippen LogP contribution >= 0.6 is 0 Å². The number of alkyl halides is 3. The highest BCUT2D eigenvalue weighted by Crippen LogP contribution is 2.32. The Balaban J connectivity index is 1.56. The Hall–Kier alpha value is -3.75. The van der Waals surface area contributed by atoms with Crippen molar-refractivity contribution >= 4 is 23.3 Å². The average molecular weight is 457 g/mol. The number of nitrogens with zero attached hydrogens (tertiary/aromatic N) is 2. The second kappa shape index (κ2) is 9.01. The van der Waals surface area contributed by atoms with E-state index in [-0.39, 0.29) is 18.3 Å². The van der Waals surface area contributed by atoms with Gasteiger partial charge < -0.3 is 14.6 Å². The molecule has 0 unspecified atom stereocenters. The first-order chi connectivity index (χ1) is 15.7. The highest BCUT2D eigenvalue weighted by atomic mass is 19.4. The van der Waals surface area contributed by atoms with E-state index < -0.39 is 17.6 Å². The van der Waals surface area contributed by atoms with E-state index in [1.54, 1.807) is 24.3 Å². The molecule has 0 saturated carbocycles. The van der Waals surface area contributed by atoms with Crippen LogP contribution in [0.4, 0.5) is 29.3 Å². The molecule has 0 radical (unpaired) electrons. The van der Waals surface area contributed by atoms with E-state index in [0.29, 0.717) is 36.4 Å². The highest BCUT2D eigenvalue weighted by molar-refractivity contribution is 6.06. The molecule has 3 aromatic rings. The molecule has 4 rings (SSSR count). The molecule has 1 aliphatic heterocycles. The number of hydrogen-bond acceptors (Lipinski definition) is 3. The Labute approximate surface area is 188 Å². The van der Waals surface area contributed by atoms with Crippen molar-refractivity contribution in [1.29, 1.82) is 0 Å². The van der Waals surface area contributed by atoms with E-state index in [2.05, 4.69) is 5.32 Å². The van der Waals surface area contributed by atoms with Gasteiger partial charge in [0, 0.05) is 19.6 Å². The van der Waals surface area contributed by atoms with E-state index in [1.807, 2.05) is 13.0 Å². The number of rotatable bonds is 5. The fourth-order valence-electron chi connectivity index (χ4n) is 3.80. The summed E-state index contributed by atoms with van der Waals surface area (Å²) in [5, 5.41) is 2.79. The zero-order chi connectivity index (χ0) is 23.6. The molecule has 33 heavy (non-hydrogen) atoms. The minimum Gasteiger partial charge on any atom is -0.459 e. The third-order valence-corrected chi connectivity index (χ3v) is 5.37. The number of urea groups is 1. The Morgan fingerprint density at radius 1 is 1.09 bits per heavy atom. The van der Waals surface area contributed by atoms with Crippen molar-refractivity contribution in [2.75, 3.05) is 23.3 Å². The summed E-state index contributed by atoms with van der Waals surface area (Å²) >= 11 is 0. The van der Waals surface area contributed by atoms with Crippen LogP contribution in [0.1, 0.15) is 33.7 Å². The topological polar surface area (TPSA) is 65.8 Å². The molecule has 3 amide bonds. The van der Waals surface area contributed by atoms with Crippen LogP contribution in [-0.4, -0.2) is 29.9 Å². The number of furan rings is 1. The summed E-state index contributed by atoms with van der Waals surface area (Å²) in [6.07, 6.45) is -2.42. The van der Waals surface area contributed by atoms with Crippen LogP contribution in [0.3, 0.4) is 0 Å². The van der Waals surface area contributed by atoms with Crippen molar-refractivity contribution in [3.63, 3.8) is 0 Å². The van der Waals surface area contributed by atoms with E-state index in [1.165, 1.54) is 28.2 Å². The number of carbonyl (C=O) groups excluding carboxylic acids is 2. The first-order valence-electron chi connectivity index (χ1n) is 10.4. The molecular formula is C24H22F3N3O3. The summed E-state index contributed by atoms with van der Waals surface area (Å²) in [5.74, 6) is -0.310. The number of aryl methyl sites for hydroxylation is 1. The summed E-state index contributed by atoms with van der Waals surface area (Å²) in [7, 11) is 0. The van der Waals surface area contributed by atoms with Gasteiger partial charge in [-0.1, -0.05) is 18.2 Å². The number of amides is 3. The van der Waals surface area contributed by atoms with E-state index >= 15 is 0 Å². The largest absolute Gasteiger partial charge is 0.459 e. The van der Waals surface area contributed by atoms with Crippen LogP contribution in [-0.2, 0) is 12.7 Å². The number of anilines is 2. The maximum atomic E-state index is 13.3. The van der Waals surface area contributed by atoms with Gasteiger partial charge in [0.1, 0.15) is 0 Å². The molecule has 9 heteroatoms. The Morgan fingerprint density at radius 2 is 1.91 bits per heavy atom. The number of nitrogens with one attached hydrogen (secondary N) is 1. The Morgan fingerprint density at radius 3 is 2.64 bits per heavy atom. The lowest BCUT2D eigenvalue weighted by Crippen LogP contribution is -2.49. The lowest BCUT2D eigenvalue weighted by atomic mass is 10.1. The lowest BCUT2D eigenvalue weighted by Gasteiger charge is -2.36. The monoisotopic (exact) mass is 457 g/mol. The number of benzene rings is 2. The SMILES string of the molecule is Cc1ccc(N2CCCN(Cc3cccc(C(F)(F)F)c3)C2=O)c(NC(=O)c2ccco2)c1. The van der Waals surface area contributed by atoms with Gasteiger partial charge in [-0.2, -0.15) is 13.2 Å². The molecule has 0 spiro atoms. The Bertz CT molecular complexity index is 1160. The summed E-state index contributed by atoms with van der Waals surface area (Å²) in [6.45, 7) is 2.76. The molecule has 2 heterocycles. The molecule has 0 bridgehead atoms. The molecule has 6 nitrogen and oxygen atoms in total. The number of halogens is 3. The van der Waals surface area contributed by atoms with Gasteiger partial charge in [-0.05, 0) is 60.9 Å². The van der Waals surface area contributed by atoms with E-state index in [0.717, 1.165) is 17.7 Å². The van der Waals surface area contributed by atoms with Crippen LogP contribution in [0.25, 0.3) is 0 Å². The van der Waals surface area contributed by atoms with Gasteiger partial charge in [0.05, 0.1) is 23.2 Å². The quantitative estimate of drug-likeness (QED) is 0.535. The summed E-state index contributed by atoms with van der Waals surface area (Å²) < 4.78 is 44.3. The Kier molecular flexibility index (Phi) is 6.13. The van der Waals surface area contributed by atoms with Crippen LogP contribution in [0.2, 0.25) is 0 Å². The molecule has 0 aliphatic carbocycles. The second-order valence-electron chi connectivity index (χ2n) is 7.86. The minimum atomic E-state index is -4.45. The predicted molar refractivity (Wildman–Crippen MR) is 117 cm³/mol. The highest BCUT2D eigenvalue weighted by Gasteiger charge is 2.32. The minimum absolute atomic E-state index is 0.0548. The molecular weight excluding hydrogens is 435 g/mol. The molecule has 0 atom stereocenters. The van der Waals surface area contributed by atoms with Crippen molar-refractivity contribution in [2.24, 2.45) is 0 Å². The van der Waals surface area contributed by atoms with Crippen molar-refractivity contribution in [3.05, 3.63) is 83.3 Å². The smallest absolute Gasteiger partial charge is 0.416 e. The standard InChI is InChI=1S/C24H22F3N3O3/c1-16-8-9-20(19(13-16)28-22(31)21-7-3-12-33-21)30-11-4-10-29(23(30)32)15-17-5-2-6-18(14-17)24(25,26)27/h2-3,5-9,12-14H,4,10-11,15H2,1H3,(H,28,31). The molecule has 1 fully saturated rings. The fourth-order valence-corrected chi connectivity index (χ4v) is 3.80. The molecule has 1 aliphatic rings. The van der Waals surface area contributed by atoms with E-state index in [4.69, 9.17) is 4.42 Å². The molecule has 1 aromatic heterocycles. The number of hydrogen-bond donors (Lipinski definition) is 1. The molecule has 172 valence electrons. The zero-order valence-corrected chi connectivity index (χ0v) is 17.9. The van der Waals surface area contributed by atoms with Crippen molar-refractivity contribution < 1.29 is 27.2 Å². The van der Waals surface area contributed by atoms with Gasteiger partial charge >= 0.3 is 12.2 Å². The summed E-state index contributed by atoms with van der Waals surface area (Å²) in [6, 6.07) is 13.1. The normalized spacial score (nSPS) is 14.5. The molecule has 2 aromatic carbocycles. The van der Waals surface area contributed by atoms with E-state index in [9.17, 15) is 22.8 Å². The maximum absolute atomic E-state index is 13.3. The second-order valence-corrected chi connectivity index (χ2v) is 7.86. The van der Waals surface area contributed by atoms with Crippen LogP contribution in [0.5, 0.6) is 0 Å². The van der Waals surface area contributed by atoms with Crippen molar-refractivity contribution in [3.8, 4) is 0 Å². The van der Waals surface area contributed by atoms with Crippen molar-refractivity contribution in [1.82, 2.24) is 4.90 Å². The van der Waals surface area contributed by atoms with Crippen LogP contribution in [0, 0.1) is 6.92 Å². The van der Waals surface area contributed by atoms with Gasteiger partial charge in [0.2, 0.25) is 0 Å². The van der Waals surface area contributed by atoms with Gasteiger partial charge in [0.25, 0.3) is 5.91 Å². The lowest BCUT2D eigenvalue weighted by molar-refractivity contribution is -0.137. The third kappa shape index (κ3) is 5.02. The summed E-state index contributed by atoms with van der Waals surface area (Å²) in [4.78, 5) is 28.8. The van der Waals surface area contributed by atoms with Crippen LogP contribution in [0.15, 0.2) is 65.3 Å². The molecule has 1 N–H and O–H groups in total. The first-order valence-corrected chi connectivity index (χ1v) is 10.4.